The van der Waals surface area contributed by atoms with Crippen LogP contribution in [0.1, 0.15) is 49.3 Å². The molecule has 0 bridgehead atoms. The highest BCUT2D eigenvalue weighted by atomic mass is 19.1. The van der Waals surface area contributed by atoms with Gasteiger partial charge in [0.2, 0.25) is 11.8 Å². The predicted octanol–water partition coefficient (Wildman–Crippen LogP) is 5.30. The van der Waals surface area contributed by atoms with E-state index < -0.39 is 23.6 Å². The Morgan fingerprint density at radius 3 is 2.47 bits per heavy atom. The van der Waals surface area contributed by atoms with Crippen molar-refractivity contribution >= 4 is 23.3 Å². The summed E-state index contributed by atoms with van der Waals surface area (Å²) in [4.78, 5) is 32.7. The molecule has 0 radical (unpaired) electrons. The van der Waals surface area contributed by atoms with Gasteiger partial charge in [0, 0.05) is 11.7 Å². The van der Waals surface area contributed by atoms with Gasteiger partial charge < -0.3 is 10.6 Å². The first-order valence-corrected chi connectivity index (χ1v) is 12.2. The Bertz CT molecular complexity index is 1200. The van der Waals surface area contributed by atoms with Gasteiger partial charge >= 0.3 is 0 Å². The van der Waals surface area contributed by atoms with Crippen molar-refractivity contribution in [1.29, 1.82) is 0 Å². The van der Waals surface area contributed by atoms with E-state index in [0.717, 1.165) is 43.9 Å². The van der Waals surface area contributed by atoms with Gasteiger partial charge in [-0.3, -0.25) is 14.5 Å². The zero-order chi connectivity index (χ0) is 25.5. The molecule has 1 atom stereocenters. The van der Waals surface area contributed by atoms with Crippen molar-refractivity contribution < 1.29 is 18.4 Å². The van der Waals surface area contributed by atoms with Gasteiger partial charge in [-0.2, -0.15) is 0 Å². The average Bonchev–Trinajstić information content (AvgIpc) is 2.88. The number of pyridine rings is 1. The number of aromatic nitrogens is 1. The number of hydrogen-bond acceptors (Lipinski definition) is 4. The second-order valence-electron chi connectivity index (χ2n) is 9.06. The van der Waals surface area contributed by atoms with Crippen molar-refractivity contribution in [3.05, 3.63) is 89.6 Å². The number of rotatable bonds is 8. The van der Waals surface area contributed by atoms with Crippen LogP contribution >= 0.6 is 0 Å². The van der Waals surface area contributed by atoms with Crippen molar-refractivity contribution in [3.63, 3.8) is 0 Å². The van der Waals surface area contributed by atoms with Gasteiger partial charge in [-0.05, 0) is 61.2 Å². The van der Waals surface area contributed by atoms with E-state index in [1.54, 1.807) is 6.07 Å². The van der Waals surface area contributed by atoms with E-state index in [9.17, 15) is 18.4 Å². The maximum absolute atomic E-state index is 14.3. The molecule has 36 heavy (non-hydrogen) atoms. The number of aryl methyl sites for hydroxylation is 1. The van der Waals surface area contributed by atoms with Crippen LogP contribution in [0.2, 0.25) is 0 Å². The lowest BCUT2D eigenvalue weighted by atomic mass is 9.93. The number of nitrogens with zero attached hydrogens (tertiary/aromatic N) is 2. The molecular weight excluding hydrogens is 462 g/mol. The summed E-state index contributed by atoms with van der Waals surface area (Å²) in [6.07, 6.45) is 6.05. The van der Waals surface area contributed by atoms with Crippen molar-refractivity contribution in [2.75, 3.05) is 16.8 Å². The molecule has 1 fully saturated rings. The quantitative estimate of drug-likeness (QED) is 0.447. The van der Waals surface area contributed by atoms with E-state index in [1.165, 1.54) is 35.2 Å². The predicted molar refractivity (Wildman–Crippen MR) is 136 cm³/mol. The molecule has 3 aromatic rings. The molecule has 2 N–H and O–H groups in total. The lowest BCUT2D eigenvalue weighted by molar-refractivity contribution is -0.126. The topological polar surface area (TPSA) is 74.3 Å². The Balaban J connectivity index is 1.70. The van der Waals surface area contributed by atoms with E-state index in [1.807, 2.05) is 31.2 Å². The zero-order valence-corrected chi connectivity index (χ0v) is 20.2. The summed E-state index contributed by atoms with van der Waals surface area (Å²) in [5.41, 5.74) is 1.76. The lowest BCUT2D eigenvalue weighted by Gasteiger charge is -2.34. The first-order chi connectivity index (χ1) is 17.4. The molecule has 1 heterocycles. The normalized spacial score (nSPS) is 14.6. The van der Waals surface area contributed by atoms with E-state index in [4.69, 9.17) is 0 Å². The Morgan fingerprint density at radius 1 is 1.00 bits per heavy atom. The highest BCUT2D eigenvalue weighted by Crippen LogP contribution is 2.31. The number of benzene rings is 2. The molecule has 2 aromatic carbocycles. The van der Waals surface area contributed by atoms with Crippen molar-refractivity contribution in [1.82, 2.24) is 10.3 Å². The maximum atomic E-state index is 14.3. The fourth-order valence-corrected chi connectivity index (χ4v) is 4.61. The van der Waals surface area contributed by atoms with Gasteiger partial charge in [0.15, 0.2) is 0 Å². The van der Waals surface area contributed by atoms with Gasteiger partial charge in [0.1, 0.15) is 23.5 Å². The lowest BCUT2D eigenvalue weighted by Crippen LogP contribution is -2.49. The smallest absolute Gasteiger partial charge is 0.248 e. The van der Waals surface area contributed by atoms with Crippen molar-refractivity contribution in [3.8, 4) is 0 Å². The average molecular weight is 493 g/mol. The number of carbonyl (C=O) groups excluding carboxylic acids is 2. The largest absolute Gasteiger partial charge is 0.361 e. The van der Waals surface area contributed by atoms with Crippen LogP contribution in [0, 0.1) is 18.6 Å². The van der Waals surface area contributed by atoms with Crippen molar-refractivity contribution in [2.45, 2.75) is 51.1 Å². The van der Waals surface area contributed by atoms with Gasteiger partial charge in [-0.15, -0.1) is 0 Å². The third-order valence-electron chi connectivity index (χ3n) is 6.44. The standard InChI is InChI=1S/C28H30F2N4O2/c1-19-8-5-6-13-24(19)27(28(36)33-22-10-3-2-4-11-22)34(23-12-7-9-20(29)16-23)26(35)18-32-25-15-14-21(30)17-31-25/h5-9,12-17,22,27H,2-4,10-11,18H2,1H3,(H,31,32)(H,33,36). The Labute approximate surface area is 209 Å². The van der Waals surface area contributed by atoms with Gasteiger partial charge in [-0.25, -0.2) is 13.8 Å². The maximum Gasteiger partial charge on any atom is 0.248 e. The molecule has 6 nitrogen and oxygen atoms in total. The Hall–Kier alpha value is -3.81. The number of halogens is 2. The molecule has 188 valence electrons. The number of nitrogens with one attached hydrogen (secondary N) is 2. The van der Waals surface area contributed by atoms with Crippen LogP contribution in [0.4, 0.5) is 20.3 Å². The number of hydrogen-bond donors (Lipinski definition) is 2. The van der Waals surface area contributed by atoms with Crippen LogP contribution in [0.3, 0.4) is 0 Å². The van der Waals surface area contributed by atoms with Crippen LogP contribution in [-0.2, 0) is 9.59 Å². The summed E-state index contributed by atoms with van der Waals surface area (Å²) < 4.78 is 27.5. The highest BCUT2D eigenvalue weighted by molar-refractivity contribution is 6.03. The monoisotopic (exact) mass is 492 g/mol. The Morgan fingerprint density at radius 2 is 1.78 bits per heavy atom. The van der Waals surface area contributed by atoms with Crippen LogP contribution in [-0.4, -0.2) is 29.4 Å². The summed E-state index contributed by atoms with van der Waals surface area (Å²) >= 11 is 0. The number of amides is 2. The molecule has 4 rings (SSSR count). The van der Waals surface area contributed by atoms with Crippen LogP contribution in [0.5, 0.6) is 0 Å². The minimum Gasteiger partial charge on any atom is -0.361 e. The fourth-order valence-electron chi connectivity index (χ4n) is 4.61. The molecule has 2 amide bonds. The number of carbonyl (C=O) groups is 2. The van der Waals surface area contributed by atoms with Gasteiger partial charge in [0.25, 0.3) is 0 Å². The van der Waals surface area contributed by atoms with Crippen LogP contribution in [0.25, 0.3) is 0 Å². The molecule has 8 heteroatoms. The molecule has 1 saturated carbocycles. The van der Waals surface area contributed by atoms with Gasteiger partial charge in [-0.1, -0.05) is 49.6 Å². The molecule has 0 aliphatic heterocycles. The third-order valence-corrected chi connectivity index (χ3v) is 6.44. The van der Waals surface area contributed by atoms with E-state index >= 15 is 0 Å². The molecule has 1 aliphatic rings. The van der Waals surface area contributed by atoms with Gasteiger partial charge in [0.05, 0.1) is 12.7 Å². The summed E-state index contributed by atoms with van der Waals surface area (Å²) in [6, 6.07) is 14.7. The van der Waals surface area contributed by atoms with Crippen LogP contribution in [0.15, 0.2) is 66.9 Å². The summed E-state index contributed by atoms with van der Waals surface area (Å²) in [6.45, 7) is 1.65. The van der Waals surface area contributed by atoms with E-state index in [0.29, 0.717) is 11.4 Å². The van der Waals surface area contributed by atoms with Crippen molar-refractivity contribution in [2.24, 2.45) is 0 Å². The first kappa shape index (κ1) is 25.3. The second kappa shape index (κ2) is 11.7. The first-order valence-electron chi connectivity index (χ1n) is 12.2. The highest BCUT2D eigenvalue weighted by Gasteiger charge is 2.35. The van der Waals surface area contributed by atoms with E-state index in [2.05, 4.69) is 15.6 Å². The fraction of sp³-hybridized carbons (Fsp3) is 0.321. The molecular formula is C28H30F2N4O2. The molecule has 1 aliphatic carbocycles. The minimum atomic E-state index is -1.01. The zero-order valence-electron chi connectivity index (χ0n) is 20.2. The molecule has 1 aromatic heterocycles. The second-order valence-corrected chi connectivity index (χ2v) is 9.06. The summed E-state index contributed by atoms with van der Waals surface area (Å²) in [5, 5.41) is 6.03. The minimum absolute atomic E-state index is 0.0313. The summed E-state index contributed by atoms with van der Waals surface area (Å²) in [7, 11) is 0. The SMILES string of the molecule is Cc1ccccc1C(C(=O)NC1CCCCC1)N(C(=O)CNc1ccc(F)cn1)c1cccc(F)c1. The molecule has 0 saturated heterocycles. The molecule has 0 spiro atoms. The molecule has 1 unspecified atom stereocenters. The summed E-state index contributed by atoms with van der Waals surface area (Å²) in [5.74, 6) is -1.47. The van der Waals surface area contributed by atoms with Crippen LogP contribution < -0.4 is 15.5 Å². The third kappa shape index (κ3) is 6.24. The Kier molecular flexibility index (Phi) is 8.25. The van der Waals surface area contributed by atoms with E-state index in [-0.39, 0.29) is 24.2 Å². The number of anilines is 2.